The number of hydrogen-bond donors (Lipinski definition) is 0. The smallest absolute Gasteiger partial charge is 0.119 e. The molecule has 0 heterocycles. The van der Waals surface area contributed by atoms with Crippen LogP contribution >= 0.6 is 0 Å². The summed E-state index contributed by atoms with van der Waals surface area (Å²) in [5.41, 5.74) is 0. The Morgan fingerprint density at radius 1 is 2.33 bits per heavy atom. The fourth-order valence-corrected chi connectivity index (χ4v) is 0.0568. The number of hydrogen-bond acceptors (Lipinski definition) is 1. The van der Waals surface area contributed by atoms with Crippen molar-refractivity contribution in [3.8, 4) is 0 Å². The van der Waals surface area contributed by atoms with Crippen LogP contribution in [0.1, 0.15) is 39.7 Å². The molecule has 0 aliphatic heterocycles. The third-order valence-electron chi connectivity index (χ3n) is 0.176. The molecule has 0 unspecified atom stereocenters. The molecular weight excluding hydrogens is 76.1 g/mol. The van der Waals surface area contributed by atoms with Crippen molar-refractivity contribution < 1.29 is 18.5 Å². The predicted octanol–water partition coefficient (Wildman–Crippen LogP) is 1.38. The molecule has 0 spiro atoms. The lowest BCUT2D eigenvalue weighted by Gasteiger charge is -1.79. The summed E-state index contributed by atoms with van der Waals surface area (Å²) in [6, 6.07) is 0. The molecule has 1 heteroatoms. The van der Waals surface area contributed by atoms with Gasteiger partial charge in [0.15, 0.2) is 0 Å². The zero-order valence-corrected chi connectivity index (χ0v) is 2.91. The van der Waals surface area contributed by atoms with Crippen LogP contribution in [0.2, 0.25) is 0 Å². The molecule has 0 rings (SSSR count). The lowest BCUT2D eigenvalue weighted by Crippen LogP contribution is -1.70. The highest BCUT2D eigenvalue weighted by Gasteiger charge is 1.74. The summed E-state index contributed by atoms with van der Waals surface area (Å²) in [5.74, 6) is 0. The third-order valence-corrected chi connectivity index (χ3v) is 0.176. The second-order valence-corrected chi connectivity index (χ2v) is 0.477. The normalized spacial score (nSPS) is 42.0. The summed E-state index contributed by atoms with van der Waals surface area (Å²) in [4.78, 5) is 10.6. The molecule has 0 saturated heterocycles. The SMILES string of the molecule is [2H]C(=O)C([2H])([2H])C([2H])([2H])C([2H])([2H])C([2H])([2H])[2H]. The van der Waals surface area contributed by atoms with Crippen molar-refractivity contribution >= 4 is 6.26 Å². The molecule has 0 N–H and O–H groups in total. The first-order valence-corrected chi connectivity index (χ1v) is 1.20. The van der Waals surface area contributed by atoms with Gasteiger partial charge < -0.3 is 4.79 Å². The van der Waals surface area contributed by atoms with Gasteiger partial charge >= 0.3 is 0 Å². The average Bonchev–Trinajstić information content (AvgIpc) is 2.00. The lowest BCUT2D eigenvalue weighted by molar-refractivity contribution is -0.107. The summed E-state index contributed by atoms with van der Waals surface area (Å²) in [6.07, 6.45) is -12.8. The molecule has 0 aromatic rings. The van der Waals surface area contributed by atoms with E-state index in [-0.39, 0.29) is 0 Å². The minimum Gasteiger partial charge on any atom is -0.303 e. The highest BCUT2D eigenvalue weighted by Crippen LogP contribution is 1.87. The Bertz CT molecular complexity index is 288. The maximum absolute atomic E-state index is 10.6. The Hall–Kier alpha value is -0.330. The van der Waals surface area contributed by atoms with E-state index in [9.17, 15) is 4.79 Å². The van der Waals surface area contributed by atoms with E-state index in [1.807, 2.05) is 0 Å². The summed E-state index contributed by atoms with van der Waals surface area (Å²) in [7, 11) is 0. The Morgan fingerprint density at radius 3 is 3.67 bits per heavy atom. The van der Waals surface area contributed by atoms with Crippen LogP contribution < -0.4 is 0 Å². The molecule has 0 saturated carbocycles. The zero-order valence-electron chi connectivity index (χ0n) is 12.9. The van der Waals surface area contributed by atoms with Gasteiger partial charge in [-0.05, 0) is 6.37 Å². The van der Waals surface area contributed by atoms with E-state index in [2.05, 4.69) is 0 Å². The van der Waals surface area contributed by atoms with Crippen molar-refractivity contribution in [1.29, 1.82) is 0 Å². The molecule has 1 nitrogen and oxygen atoms in total. The molecule has 0 atom stereocenters. The van der Waals surface area contributed by atoms with Gasteiger partial charge in [-0.2, -0.15) is 0 Å². The van der Waals surface area contributed by atoms with Gasteiger partial charge in [0.1, 0.15) is 7.63 Å². The van der Waals surface area contributed by atoms with Crippen molar-refractivity contribution in [1.82, 2.24) is 0 Å². The zero-order chi connectivity index (χ0) is 13.6. The van der Waals surface area contributed by atoms with Crippen molar-refractivity contribution in [3.63, 3.8) is 0 Å². The van der Waals surface area contributed by atoms with Crippen LogP contribution in [-0.2, 0) is 4.79 Å². The van der Waals surface area contributed by atoms with Gasteiger partial charge in [0.05, 0.1) is 0 Å². The minimum atomic E-state index is -3.63. The predicted molar refractivity (Wildman–Crippen MR) is 25.6 cm³/mol. The first kappa shape index (κ1) is 0.575. The monoisotopic (exact) mass is 96.1 g/mol. The fourth-order valence-electron chi connectivity index (χ4n) is 0.0568. The van der Waals surface area contributed by atoms with E-state index >= 15 is 0 Å². The average molecular weight is 96.2 g/mol. The Balaban J connectivity index is 5.62. The molecule has 0 aliphatic carbocycles. The number of aldehydes is 1. The number of rotatable bonds is 3. The molecule has 0 bridgehead atoms. The van der Waals surface area contributed by atoms with Crippen LogP contribution in [0.25, 0.3) is 0 Å². The molecule has 0 fully saturated rings. The van der Waals surface area contributed by atoms with Crippen LogP contribution in [0.15, 0.2) is 0 Å². The molecule has 0 amide bonds. The molecular formula is C5H10O. The molecule has 0 aromatic heterocycles. The molecule has 0 aromatic carbocycles. The van der Waals surface area contributed by atoms with Crippen LogP contribution in [0, 0.1) is 0 Å². The topological polar surface area (TPSA) is 17.1 Å². The lowest BCUT2D eigenvalue weighted by atomic mass is 10.3. The Kier molecular flexibility index (Phi) is 0.447. The van der Waals surface area contributed by atoms with E-state index < -0.39 is 32.2 Å². The maximum Gasteiger partial charge on any atom is 0.119 e. The standard InChI is InChI=1S/C5H10O/c1-2-3-4-5-6/h5H,2-4H2,1H3/i1D3,2D2,3D2,4D2,5D. The van der Waals surface area contributed by atoms with E-state index in [0.29, 0.717) is 0 Å². The molecule has 6 heavy (non-hydrogen) atoms. The molecule has 36 valence electrons. The van der Waals surface area contributed by atoms with Crippen molar-refractivity contribution in [2.75, 3.05) is 0 Å². The molecule has 0 aliphatic rings. The number of carbonyl (C=O) groups is 1. The summed E-state index contributed by atoms with van der Waals surface area (Å²) >= 11 is 0. The van der Waals surface area contributed by atoms with Gasteiger partial charge in [-0.15, -0.1) is 0 Å². The first-order chi connectivity index (χ1) is 6.69. The van der Waals surface area contributed by atoms with Crippen LogP contribution in [0.4, 0.5) is 0 Å². The Morgan fingerprint density at radius 2 is 3.17 bits per heavy atom. The largest absolute Gasteiger partial charge is 0.303 e. The van der Waals surface area contributed by atoms with E-state index in [1.54, 1.807) is 0 Å². The van der Waals surface area contributed by atoms with Crippen LogP contribution in [0.3, 0.4) is 0 Å². The summed E-state index contributed by atoms with van der Waals surface area (Å²) in [6.45, 7) is -3.45. The summed E-state index contributed by atoms with van der Waals surface area (Å²) < 4.78 is 69.3. The van der Waals surface area contributed by atoms with Crippen molar-refractivity contribution in [2.24, 2.45) is 0 Å². The minimum absolute atomic E-state index is 2.01. The van der Waals surface area contributed by atoms with Gasteiger partial charge in [-0.3, -0.25) is 0 Å². The van der Waals surface area contributed by atoms with Gasteiger partial charge in [-0.25, -0.2) is 0 Å². The van der Waals surface area contributed by atoms with Crippen LogP contribution in [0.5, 0.6) is 0 Å². The molecule has 0 radical (unpaired) electrons. The van der Waals surface area contributed by atoms with Crippen LogP contribution in [-0.4, -0.2) is 6.26 Å². The summed E-state index contributed by atoms with van der Waals surface area (Å²) in [5, 5.41) is 0. The van der Waals surface area contributed by atoms with Gasteiger partial charge in [0, 0.05) is 18.7 Å². The Labute approximate surface area is 52.4 Å². The second-order valence-electron chi connectivity index (χ2n) is 0.477. The third kappa shape index (κ3) is 3.67. The quantitative estimate of drug-likeness (QED) is 0.485. The van der Waals surface area contributed by atoms with Gasteiger partial charge in [0.25, 0.3) is 0 Å². The highest BCUT2D eigenvalue weighted by atomic mass is 16.1. The fraction of sp³-hybridized carbons (Fsp3) is 0.800. The number of carbonyl (C=O) groups excluding carboxylic acids is 1. The second kappa shape index (κ2) is 4.67. The van der Waals surface area contributed by atoms with Crippen molar-refractivity contribution in [3.05, 3.63) is 0 Å². The van der Waals surface area contributed by atoms with E-state index in [4.69, 9.17) is 13.7 Å². The maximum atomic E-state index is 10.6. The first-order valence-electron chi connectivity index (χ1n) is 6.20. The van der Waals surface area contributed by atoms with Crippen molar-refractivity contribution in [2.45, 2.75) is 26.0 Å². The highest BCUT2D eigenvalue weighted by molar-refractivity contribution is 5.48. The van der Waals surface area contributed by atoms with Gasteiger partial charge in [-0.1, -0.05) is 13.2 Å². The van der Waals surface area contributed by atoms with Gasteiger partial charge in [0.2, 0.25) is 0 Å². The van der Waals surface area contributed by atoms with E-state index in [0.717, 1.165) is 0 Å². The van der Waals surface area contributed by atoms with E-state index in [1.165, 1.54) is 0 Å².